The maximum absolute atomic E-state index is 9.19. The van der Waals surface area contributed by atoms with Crippen molar-refractivity contribution >= 4 is 11.3 Å². The summed E-state index contributed by atoms with van der Waals surface area (Å²) in [5, 5.41) is 12.2. The molecular formula is C9H8N2OS. The van der Waals surface area contributed by atoms with Crippen LogP contribution in [0.2, 0.25) is 0 Å². The lowest BCUT2D eigenvalue weighted by Crippen LogP contribution is -1.79. The van der Waals surface area contributed by atoms with Crippen LogP contribution in [0.1, 0.15) is 5.01 Å². The summed E-state index contributed by atoms with van der Waals surface area (Å²) in [6.07, 6.45) is 3.09. The zero-order chi connectivity index (χ0) is 9.26. The Labute approximate surface area is 79.7 Å². The van der Waals surface area contributed by atoms with Gasteiger partial charge >= 0.3 is 0 Å². The Morgan fingerprint density at radius 2 is 2.23 bits per heavy atom. The van der Waals surface area contributed by atoms with Gasteiger partial charge < -0.3 is 5.11 Å². The van der Waals surface area contributed by atoms with E-state index in [4.69, 9.17) is 0 Å². The minimum Gasteiger partial charge on any atom is -0.506 e. The highest BCUT2D eigenvalue weighted by atomic mass is 32.1. The van der Waals surface area contributed by atoms with Crippen LogP contribution in [0.5, 0.6) is 5.75 Å². The van der Waals surface area contributed by atoms with E-state index in [9.17, 15) is 5.11 Å². The van der Waals surface area contributed by atoms with Crippen LogP contribution in [0.15, 0.2) is 23.8 Å². The molecule has 2 aromatic heterocycles. The quantitative estimate of drug-likeness (QED) is 0.753. The van der Waals surface area contributed by atoms with E-state index < -0.39 is 0 Å². The lowest BCUT2D eigenvalue weighted by atomic mass is 10.2. The van der Waals surface area contributed by atoms with E-state index >= 15 is 0 Å². The first-order chi connectivity index (χ1) is 6.25. The summed E-state index contributed by atoms with van der Waals surface area (Å²) in [6, 6.07) is 1.65. The first-order valence-corrected chi connectivity index (χ1v) is 4.70. The summed E-state index contributed by atoms with van der Waals surface area (Å²) >= 11 is 1.58. The molecule has 0 fully saturated rings. The van der Waals surface area contributed by atoms with E-state index in [-0.39, 0.29) is 5.75 Å². The molecule has 1 N–H and O–H groups in total. The van der Waals surface area contributed by atoms with Crippen molar-refractivity contribution in [1.82, 2.24) is 9.97 Å². The Bertz CT molecular complexity index is 425. The number of hydrogen-bond donors (Lipinski definition) is 1. The summed E-state index contributed by atoms with van der Waals surface area (Å²) in [5.74, 6) is 0.170. The van der Waals surface area contributed by atoms with Crippen LogP contribution < -0.4 is 0 Å². The first kappa shape index (κ1) is 8.19. The standard InChI is InChI=1S/C9H8N2OS/c1-6-11-9(5-13-6)7-2-8(12)4-10-3-7/h2-5,12H,1H3. The van der Waals surface area contributed by atoms with Gasteiger partial charge in [-0.25, -0.2) is 4.98 Å². The maximum atomic E-state index is 9.19. The van der Waals surface area contributed by atoms with Gasteiger partial charge in [0.05, 0.1) is 16.9 Å². The van der Waals surface area contributed by atoms with Crippen LogP contribution in [0.4, 0.5) is 0 Å². The minimum absolute atomic E-state index is 0.170. The van der Waals surface area contributed by atoms with Gasteiger partial charge in [0.25, 0.3) is 0 Å². The molecule has 4 heteroatoms. The van der Waals surface area contributed by atoms with Crippen molar-refractivity contribution < 1.29 is 5.11 Å². The van der Waals surface area contributed by atoms with Crippen LogP contribution in [0.3, 0.4) is 0 Å². The van der Waals surface area contributed by atoms with Gasteiger partial charge in [-0.15, -0.1) is 11.3 Å². The molecule has 13 heavy (non-hydrogen) atoms. The summed E-state index contributed by atoms with van der Waals surface area (Å²) in [5.41, 5.74) is 1.72. The van der Waals surface area contributed by atoms with Gasteiger partial charge in [0.15, 0.2) is 0 Å². The van der Waals surface area contributed by atoms with E-state index in [1.54, 1.807) is 23.6 Å². The van der Waals surface area contributed by atoms with Gasteiger partial charge in [-0.05, 0) is 13.0 Å². The van der Waals surface area contributed by atoms with E-state index in [2.05, 4.69) is 9.97 Å². The second-order valence-corrected chi connectivity index (χ2v) is 3.75. The Morgan fingerprint density at radius 3 is 2.85 bits per heavy atom. The molecular weight excluding hydrogens is 184 g/mol. The van der Waals surface area contributed by atoms with E-state index in [0.29, 0.717) is 0 Å². The van der Waals surface area contributed by atoms with Gasteiger partial charge in [0, 0.05) is 17.1 Å². The SMILES string of the molecule is Cc1nc(-c2cncc(O)c2)cs1. The smallest absolute Gasteiger partial charge is 0.134 e. The molecule has 2 rings (SSSR count). The Hall–Kier alpha value is -1.42. The van der Waals surface area contributed by atoms with Gasteiger partial charge in [0.1, 0.15) is 5.75 Å². The summed E-state index contributed by atoms with van der Waals surface area (Å²) in [6.45, 7) is 1.95. The van der Waals surface area contributed by atoms with Crippen LogP contribution in [0, 0.1) is 6.92 Å². The van der Waals surface area contributed by atoms with Crippen molar-refractivity contribution in [3.05, 3.63) is 28.8 Å². The molecule has 0 aliphatic carbocycles. The maximum Gasteiger partial charge on any atom is 0.134 e. The second-order valence-electron chi connectivity index (χ2n) is 2.68. The highest BCUT2D eigenvalue weighted by molar-refractivity contribution is 7.09. The number of pyridine rings is 1. The zero-order valence-electron chi connectivity index (χ0n) is 7.06. The molecule has 2 aromatic rings. The fourth-order valence-corrected chi connectivity index (χ4v) is 1.69. The van der Waals surface area contributed by atoms with Crippen LogP contribution >= 0.6 is 11.3 Å². The first-order valence-electron chi connectivity index (χ1n) is 3.82. The molecule has 0 spiro atoms. The molecule has 0 amide bonds. The third-order valence-electron chi connectivity index (χ3n) is 1.64. The summed E-state index contributed by atoms with van der Waals surface area (Å²) < 4.78 is 0. The monoisotopic (exact) mass is 192 g/mol. The third kappa shape index (κ3) is 1.67. The molecule has 0 saturated carbocycles. The predicted octanol–water partition coefficient (Wildman–Crippen LogP) is 2.22. The van der Waals surface area contributed by atoms with E-state index in [1.807, 2.05) is 12.3 Å². The number of rotatable bonds is 1. The van der Waals surface area contributed by atoms with Gasteiger partial charge in [-0.3, -0.25) is 4.98 Å². The van der Waals surface area contributed by atoms with Crippen molar-refractivity contribution in [3.63, 3.8) is 0 Å². The number of aromatic hydroxyl groups is 1. The van der Waals surface area contributed by atoms with Crippen LogP contribution in [0.25, 0.3) is 11.3 Å². The molecule has 0 atom stereocenters. The van der Waals surface area contributed by atoms with Gasteiger partial charge in [0.2, 0.25) is 0 Å². The number of thiazole rings is 1. The largest absolute Gasteiger partial charge is 0.506 e. The van der Waals surface area contributed by atoms with E-state index in [0.717, 1.165) is 16.3 Å². The van der Waals surface area contributed by atoms with Crippen molar-refractivity contribution in [1.29, 1.82) is 0 Å². The highest BCUT2D eigenvalue weighted by Gasteiger charge is 2.02. The van der Waals surface area contributed by atoms with Gasteiger partial charge in [-0.2, -0.15) is 0 Å². The second kappa shape index (κ2) is 3.14. The third-order valence-corrected chi connectivity index (χ3v) is 2.41. The fraction of sp³-hybridized carbons (Fsp3) is 0.111. The molecule has 2 heterocycles. The molecule has 0 unspecified atom stereocenters. The Kier molecular flexibility index (Phi) is 1.98. The molecule has 0 aromatic carbocycles. The molecule has 0 radical (unpaired) electrons. The predicted molar refractivity (Wildman–Crippen MR) is 51.7 cm³/mol. The molecule has 3 nitrogen and oxygen atoms in total. The van der Waals surface area contributed by atoms with Crippen LogP contribution in [-0.4, -0.2) is 15.1 Å². The van der Waals surface area contributed by atoms with Crippen molar-refractivity contribution in [2.75, 3.05) is 0 Å². The zero-order valence-corrected chi connectivity index (χ0v) is 7.88. The average Bonchev–Trinajstić information content (AvgIpc) is 2.52. The highest BCUT2D eigenvalue weighted by Crippen LogP contribution is 2.22. The Morgan fingerprint density at radius 1 is 1.38 bits per heavy atom. The number of aromatic nitrogens is 2. The lowest BCUT2D eigenvalue weighted by Gasteiger charge is -1.95. The summed E-state index contributed by atoms with van der Waals surface area (Å²) in [7, 11) is 0. The van der Waals surface area contributed by atoms with Gasteiger partial charge in [-0.1, -0.05) is 0 Å². The van der Waals surface area contributed by atoms with E-state index in [1.165, 1.54) is 6.20 Å². The van der Waals surface area contributed by atoms with Crippen molar-refractivity contribution in [2.45, 2.75) is 6.92 Å². The Balaban J connectivity index is 2.46. The molecule has 0 saturated heterocycles. The molecule has 0 aliphatic heterocycles. The normalized spacial score (nSPS) is 10.2. The molecule has 0 bridgehead atoms. The van der Waals surface area contributed by atoms with Crippen molar-refractivity contribution in [3.8, 4) is 17.0 Å². The number of nitrogens with zero attached hydrogens (tertiary/aromatic N) is 2. The molecule has 0 aliphatic rings. The number of aryl methyl sites for hydroxylation is 1. The fourth-order valence-electron chi connectivity index (χ4n) is 1.06. The average molecular weight is 192 g/mol. The number of hydrogen-bond acceptors (Lipinski definition) is 4. The lowest BCUT2D eigenvalue weighted by molar-refractivity contribution is 0.473. The van der Waals surface area contributed by atoms with Crippen molar-refractivity contribution in [2.24, 2.45) is 0 Å². The van der Waals surface area contributed by atoms with Crippen LogP contribution in [-0.2, 0) is 0 Å². The summed E-state index contributed by atoms with van der Waals surface area (Å²) in [4.78, 5) is 8.17. The topological polar surface area (TPSA) is 46.0 Å². The minimum atomic E-state index is 0.170. The molecule has 66 valence electrons.